The predicted octanol–water partition coefficient (Wildman–Crippen LogP) is 2.96. The molecule has 0 radical (unpaired) electrons. The van der Waals surface area contributed by atoms with E-state index in [1.54, 1.807) is 13.8 Å². The summed E-state index contributed by atoms with van der Waals surface area (Å²) < 4.78 is 36.8. The third kappa shape index (κ3) is 4.87. The summed E-state index contributed by atoms with van der Waals surface area (Å²) >= 11 is 0. The maximum Gasteiger partial charge on any atom is 0.325 e. The highest BCUT2D eigenvalue weighted by Gasteiger charge is 2.21. The zero-order chi connectivity index (χ0) is 19.3. The summed E-state index contributed by atoms with van der Waals surface area (Å²) in [7, 11) is 1.26. The van der Waals surface area contributed by atoms with E-state index in [4.69, 9.17) is 4.42 Å². The molecule has 0 bridgehead atoms. The Bertz CT molecular complexity index is 789. The molecule has 1 aromatic heterocycles. The Morgan fingerprint density at radius 1 is 1.31 bits per heavy atom. The molecule has 2 rings (SSSR count). The number of benzene rings is 1. The van der Waals surface area contributed by atoms with Crippen LogP contribution in [-0.4, -0.2) is 41.5 Å². The smallest absolute Gasteiger partial charge is 0.325 e. The number of esters is 1. The third-order valence-corrected chi connectivity index (χ3v) is 3.77. The number of carbonyl (C=O) groups excluding carboxylic acids is 2. The summed E-state index contributed by atoms with van der Waals surface area (Å²) in [6.07, 6.45) is 1.58. The molecule has 0 atom stereocenters. The Morgan fingerprint density at radius 3 is 2.65 bits per heavy atom. The molecule has 0 N–H and O–H groups in total. The topological polar surface area (TPSA) is 72.6 Å². The van der Waals surface area contributed by atoms with Crippen molar-refractivity contribution < 1.29 is 27.5 Å². The molecule has 0 aliphatic carbocycles. The van der Waals surface area contributed by atoms with Crippen LogP contribution in [0.4, 0.5) is 8.78 Å². The normalized spacial score (nSPS) is 10.8. The fourth-order valence-corrected chi connectivity index (χ4v) is 2.36. The minimum atomic E-state index is -0.757. The van der Waals surface area contributed by atoms with Crippen molar-refractivity contribution in [3.05, 3.63) is 41.9 Å². The van der Waals surface area contributed by atoms with Gasteiger partial charge in [-0.3, -0.25) is 9.59 Å². The maximum atomic E-state index is 13.8. The fourth-order valence-electron chi connectivity index (χ4n) is 2.36. The number of oxazole rings is 1. The molecule has 1 amide bonds. The number of amides is 1. The fraction of sp³-hybridized carbons (Fsp3) is 0.389. The van der Waals surface area contributed by atoms with Gasteiger partial charge in [-0.2, -0.15) is 0 Å². The van der Waals surface area contributed by atoms with Gasteiger partial charge in [0, 0.05) is 24.9 Å². The molecule has 1 aromatic carbocycles. The standard InChI is InChI=1S/C18H20F2N2O4/c1-11(2)22(10-18(24)25-3)17(23)7-6-16-21-9-15(26-16)13-5-4-12(19)8-14(13)20/h4-5,8-9,11H,6-7,10H2,1-3H3. The van der Waals surface area contributed by atoms with Gasteiger partial charge in [0.15, 0.2) is 11.7 Å². The van der Waals surface area contributed by atoms with E-state index < -0.39 is 17.6 Å². The SMILES string of the molecule is COC(=O)CN(C(=O)CCc1ncc(-c2ccc(F)cc2F)o1)C(C)C. The minimum absolute atomic E-state index is 0.0705. The van der Waals surface area contributed by atoms with Crippen LogP contribution in [0.3, 0.4) is 0 Å². The van der Waals surface area contributed by atoms with Crippen molar-refractivity contribution in [2.45, 2.75) is 32.7 Å². The average Bonchev–Trinajstić information content (AvgIpc) is 3.05. The van der Waals surface area contributed by atoms with Gasteiger partial charge in [0.05, 0.1) is 18.9 Å². The lowest BCUT2D eigenvalue weighted by molar-refractivity contribution is -0.148. The Hall–Kier alpha value is -2.77. The summed E-state index contributed by atoms with van der Waals surface area (Å²) in [5.41, 5.74) is 0.0889. The van der Waals surface area contributed by atoms with E-state index in [1.807, 2.05) is 0 Å². The van der Waals surface area contributed by atoms with E-state index in [1.165, 1.54) is 24.3 Å². The molecule has 8 heteroatoms. The quantitative estimate of drug-likeness (QED) is 0.705. The Morgan fingerprint density at radius 2 is 2.04 bits per heavy atom. The Labute approximate surface area is 149 Å². The molecular formula is C18H20F2N2O4. The molecule has 140 valence electrons. The van der Waals surface area contributed by atoms with Gasteiger partial charge >= 0.3 is 5.97 Å². The van der Waals surface area contributed by atoms with Crippen molar-refractivity contribution in [1.29, 1.82) is 0 Å². The van der Waals surface area contributed by atoms with E-state index in [-0.39, 0.29) is 48.5 Å². The van der Waals surface area contributed by atoms with E-state index in [2.05, 4.69) is 9.72 Å². The molecule has 0 fully saturated rings. The zero-order valence-corrected chi connectivity index (χ0v) is 14.8. The number of ether oxygens (including phenoxy) is 1. The first kappa shape index (κ1) is 19.6. The van der Waals surface area contributed by atoms with Crippen LogP contribution in [0.25, 0.3) is 11.3 Å². The van der Waals surface area contributed by atoms with Crippen molar-refractivity contribution in [2.75, 3.05) is 13.7 Å². The number of hydrogen-bond donors (Lipinski definition) is 0. The molecule has 6 nitrogen and oxygen atoms in total. The van der Waals surface area contributed by atoms with Crippen LogP contribution in [0, 0.1) is 11.6 Å². The zero-order valence-electron chi connectivity index (χ0n) is 14.8. The molecule has 0 aliphatic heterocycles. The Kier molecular flexibility index (Phi) is 6.43. The van der Waals surface area contributed by atoms with Crippen LogP contribution in [0.1, 0.15) is 26.2 Å². The van der Waals surface area contributed by atoms with Gasteiger partial charge in [-0.1, -0.05) is 0 Å². The van der Waals surface area contributed by atoms with Gasteiger partial charge in [-0.25, -0.2) is 13.8 Å². The number of aromatic nitrogens is 1. The highest BCUT2D eigenvalue weighted by atomic mass is 19.1. The van der Waals surface area contributed by atoms with Gasteiger partial charge in [0.25, 0.3) is 0 Å². The van der Waals surface area contributed by atoms with Crippen LogP contribution in [-0.2, 0) is 20.7 Å². The summed E-state index contributed by atoms with van der Waals surface area (Å²) in [6.45, 7) is 3.45. The average molecular weight is 366 g/mol. The molecule has 0 spiro atoms. The lowest BCUT2D eigenvalue weighted by Gasteiger charge is -2.25. The molecule has 2 aromatic rings. The predicted molar refractivity (Wildman–Crippen MR) is 89.0 cm³/mol. The molecule has 1 heterocycles. The van der Waals surface area contributed by atoms with E-state index in [0.29, 0.717) is 0 Å². The highest BCUT2D eigenvalue weighted by Crippen LogP contribution is 2.24. The number of halogens is 2. The molecular weight excluding hydrogens is 346 g/mol. The second-order valence-corrected chi connectivity index (χ2v) is 5.93. The van der Waals surface area contributed by atoms with Crippen LogP contribution in [0.5, 0.6) is 0 Å². The molecule has 0 unspecified atom stereocenters. The second-order valence-electron chi connectivity index (χ2n) is 5.93. The van der Waals surface area contributed by atoms with Crippen LogP contribution in [0.2, 0.25) is 0 Å². The lowest BCUT2D eigenvalue weighted by atomic mass is 10.2. The lowest BCUT2D eigenvalue weighted by Crippen LogP contribution is -2.41. The maximum absolute atomic E-state index is 13.8. The van der Waals surface area contributed by atoms with Crippen molar-refractivity contribution in [3.8, 4) is 11.3 Å². The summed E-state index contributed by atoms with van der Waals surface area (Å²) in [4.78, 5) is 29.2. The number of hydrogen-bond acceptors (Lipinski definition) is 5. The molecule has 0 saturated heterocycles. The molecule has 0 aliphatic rings. The van der Waals surface area contributed by atoms with E-state index >= 15 is 0 Å². The van der Waals surface area contributed by atoms with Crippen molar-refractivity contribution in [3.63, 3.8) is 0 Å². The van der Waals surface area contributed by atoms with Gasteiger partial charge in [-0.15, -0.1) is 0 Å². The van der Waals surface area contributed by atoms with Crippen LogP contribution < -0.4 is 0 Å². The van der Waals surface area contributed by atoms with Gasteiger partial charge in [-0.05, 0) is 26.0 Å². The van der Waals surface area contributed by atoms with Crippen molar-refractivity contribution >= 4 is 11.9 Å². The third-order valence-electron chi connectivity index (χ3n) is 3.77. The van der Waals surface area contributed by atoms with Crippen LogP contribution in [0.15, 0.2) is 28.8 Å². The van der Waals surface area contributed by atoms with Gasteiger partial charge < -0.3 is 14.1 Å². The van der Waals surface area contributed by atoms with E-state index in [0.717, 1.165) is 12.1 Å². The van der Waals surface area contributed by atoms with E-state index in [9.17, 15) is 18.4 Å². The first-order chi connectivity index (χ1) is 12.3. The largest absolute Gasteiger partial charge is 0.468 e. The first-order valence-corrected chi connectivity index (χ1v) is 8.08. The number of nitrogens with zero attached hydrogens (tertiary/aromatic N) is 2. The van der Waals surface area contributed by atoms with Gasteiger partial charge in [0.2, 0.25) is 5.91 Å². The second kappa shape index (κ2) is 8.55. The number of carbonyl (C=O) groups is 2. The monoisotopic (exact) mass is 366 g/mol. The number of methoxy groups -OCH3 is 1. The first-order valence-electron chi connectivity index (χ1n) is 8.08. The molecule has 0 saturated carbocycles. The van der Waals surface area contributed by atoms with Gasteiger partial charge in [0.1, 0.15) is 18.2 Å². The Balaban J connectivity index is 2.02. The highest BCUT2D eigenvalue weighted by molar-refractivity contribution is 5.82. The van der Waals surface area contributed by atoms with Crippen LogP contribution >= 0.6 is 0 Å². The summed E-state index contributed by atoms with van der Waals surface area (Å²) in [6, 6.07) is 2.97. The number of aryl methyl sites for hydroxylation is 1. The van der Waals surface area contributed by atoms with Crippen molar-refractivity contribution in [2.24, 2.45) is 0 Å². The summed E-state index contributed by atoms with van der Waals surface area (Å²) in [5, 5.41) is 0. The summed E-state index contributed by atoms with van der Waals surface area (Å²) in [5.74, 6) is -1.79. The minimum Gasteiger partial charge on any atom is -0.468 e. The molecule has 26 heavy (non-hydrogen) atoms. The number of rotatable bonds is 7. The van der Waals surface area contributed by atoms with Crippen molar-refractivity contribution in [1.82, 2.24) is 9.88 Å².